The molecule has 3 rings (SSSR count). The summed E-state index contributed by atoms with van der Waals surface area (Å²) in [7, 11) is 1.35. The van der Waals surface area contributed by atoms with Crippen LogP contribution in [0.25, 0.3) is 11.0 Å². The van der Waals surface area contributed by atoms with Gasteiger partial charge < -0.3 is 10.1 Å². The molecule has 2 N–H and O–H groups in total. The molecule has 3 aromatic rings. The van der Waals surface area contributed by atoms with Crippen molar-refractivity contribution in [3.8, 4) is 0 Å². The largest absolute Gasteiger partial charge is 0.465 e. The Bertz CT molecular complexity index is 871. The summed E-state index contributed by atoms with van der Waals surface area (Å²) in [6, 6.07) is 12.3. The number of methoxy groups -OCH3 is 1. The Labute approximate surface area is 138 Å². The van der Waals surface area contributed by atoms with Gasteiger partial charge in [-0.15, -0.1) is 0 Å². The van der Waals surface area contributed by atoms with Gasteiger partial charge in [-0.3, -0.25) is 4.79 Å². The first-order chi connectivity index (χ1) is 11.7. The molecule has 0 aliphatic heterocycles. The summed E-state index contributed by atoms with van der Waals surface area (Å²) in [5, 5.41) is 13.3. The van der Waals surface area contributed by atoms with Crippen LogP contribution in [-0.2, 0) is 11.2 Å². The lowest BCUT2D eigenvalue weighted by atomic mass is 10.1. The van der Waals surface area contributed by atoms with Crippen LogP contribution in [0.1, 0.15) is 26.3 Å². The highest BCUT2D eigenvalue weighted by molar-refractivity contribution is 5.97. The number of ether oxygens (including phenoxy) is 1. The molecule has 1 heterocycles. The molecule has 0 unspecified atom stereocenters. The van der Waals surface area contributed by atoms with Gasteiger partial charge in [0.25, 0.3) is 5.91 Å². The van der Waals surface area contributed by atoms with E-state index in [1.54, 1.807) is 30.3 Å². The monoisotopic (exact) mass is 324 g/mol. The first kappa shape index (κ1) is 15.7. The van der Waals surface area contributed by atoms with Crippen LogP contribution in [0.5, 0.6) is 0 Å². The number of carbonyl (C=O) groups is 2. The molecule has 1 aromatic heterocycles. The molecule has 0 spiro atoms. The van der Waals surface area contributed by atoms with Gasteiger partial charge in [0.2, 0.25) is 0 Å². The minimum absolute atomic E-state index is 0.161. The van der Waals surface area contributed by atoms with Crippen LogP contribution in [0.15, 0.2) is 42.5 Å². The lowest BCUT2D eigenvalue weighted by molar-refractivity contribution is 0.0600. The number of rotatable bonds is 5. The number of nitrogens with one attached hydrogen (secondary N) is 2. The van der Waals surface area contributed by atoms with Crippen molar-refractivity contribution in [2.75, 3.05) is 13.7 Å². The van der Waals surface area contributed by atoms with Crippen LogP contribution in [-0.4, -0.2) is 40.9 Å². The predicted octanol–water partition coefficient (Wildman–Crippen LogP) is 1.72. The topological polar surface area (TPSA) is 97.0 Å². The maximum atomic E-state index is 12.2. The van der Waals surface area contributed by atoms with Crippen LogP contribution in [0, 0.1) is 0 Å². The Kier molecular flexibility index (Phi) is 4.51. The van der Waals surface area contributed by atoms with Gasteiger partial charge in [0.15, 0.2) is 0 Å². The van der Waals surface area contributed by atoms with Crippen molar-refractivity contribution in [3.63, 3.8) is 0 Å². The van der Waals surface area contributed by atoms with E-state index in [2.05, 4.69) is 25.5 Å². The Hall–Kier alpha value is -3.22. The van der Waals surface area contributed by atoms with E-state index in [4.69, 9.17) is 0 Å². The number of amides is 1. The summed E-state index contributed by atoms with van der Waals surface area (Å²) >= 11 is 0. The third kappa shape index (κ3) is 3.40. The highest BCUT2D eigenvalue weighted by Gasteiger charge is 2.08. The van der Waals surface area contributed by atoms with Crippen molar-refractivity contribution in [2.24, 2.45) is 0 Å². The molecule has 0 bridgehead atoms. The zero-order chi connectivity index (χ0) is 16.9. The summed E-state index contributed by atoms with van der Waals surface area (Å²) in [5.74, 6) is -0.524. The quantitative estimate of drug-likeness (QED) is 0.697. The molecule has 0 aliphatic rings. The van der Waals surface area contributed by atoms with E-state index in [-0.39, 0.29) is 11.9 Å². The molecule has 0 fully saturated rings. The van der Waals surface area contributed by atoms with Gasteiger partial charge in [-0.2, -0.15) is 15.4 Å². The second-order valence-electron chi connectivity index (χ2n) is 5.22. The van der Waals surface area contributed by atoms with Gasteiger partial charge in [0.05, 0.1) is 12.7 Å². The number of aromatic nitrogens is 3. The van der Waals surface area contributed by atoms with Gasteiger partial charge in [-0.25, -0.2) is 4.79 Å². The highest BCUT2D eigenvalue weighted by atomic mass is 16.5. The Morgan fingerprint density at radius 1 is 1.04 bits per heavy atom. The molecular weight excluding hydrogens is 308 g/mol. The zero-order valence-corrected chi connectivity index (χ0v) is 13.1. The van der Waals surface area contributed by atoms with Crippen LogP contribution >= 0.6 is 0 Å². The van der Waals surface area contributed by atoms with E-state index >= 15 is 0 Å². The number of esters is 1. The number of nitrogens with zero attached hydrogens (tertiary/aromatic N) is 2. The van der Waals surface area contributed by atoms with Crippen LogP contribution in [0.3, 0.4) is 0 Å². The van der Waals surface area contributed by atoms with Crippen molar-refractivity contribution in [1.29, 1.82) is 0 Å². The van der Waals surface area contributed by atoms with Gasteiger partial charge in [-0.1, -0.05) is 12.1 Å². The van der Waals surface area contributed by atoms with Crippen molar-refractivity contribution in [3.05, 3.63) is 59.2 Å². The Morgan fingerprint density at radius 3 is 2.50 bits per heavy atom. The molecule has 0 aliphatic carbocycles. The molecule has 7 nitrogen and oxygen atoms in total. The number of hydrogen-bond donors (Lipinski definition) is 2. The summed E-state index contributed by atoms with van der Waals surface area (Å²) in [5.41, 5.74) is 3.44. The number of benzene rings is 2. The molecule has 0 atom stereocenters. The molecule has 0 saturated heterocycles. The SMILES string of the molecule is COC(=O)c1ccc(CCNC(=O)c2ccc3n[nH]nc3c2)cc1. The van der Waals surface area contributed by atoms with Crippen LogP contribution in [0.2, 0.25) is 0 Å². The molecule has 0 radical (unpaired) electrons. The Morgan fingerprint density at radius 2 is 1.75 bits per heavy atom. The lowest BCUT2D eigenvalue weighted by Crippen LogP contribution is -2.25. The van der Waals surface area contributed by atoms with E-state index in [0.29, 0.717) is 29.6 Å². The standard InChI is InChI=1S/C17H16N4O3/c1-24-17(23)12-4-2-11(3-5-12)8-9-18-16(22)13-6-7-14-15(10-13)20-21-19-14/h2-7,10H,8-9H2,1H3,(H,18,22)(H,19,20,21). The van der Waals surface area contributed by atoms with E-state index in [9.17, 15) is 9.59 Å². The Balaban J connectivity index is 1.55. The highest BCUT2D eigenvalue weighted by Crippen LogP contribution is 2.10. The molecule has 122 valence electrons. The lowest BCUT2D eigenvalue weighted by Gasteiger charge is -2.06. The van der Waals surface area contributed by atoms with Crippen LogP contribution in [0.4, 0.5) is 0 Å². The van der Waals surface area contributed by atoms with Crippen molar-refractivity contribution >= 4 is 22.9 Å². The number of H-pyrrole nitrogens is 1. The maximum absolute atomic E-state index is 12.2. The van der Waals surface area contributed by atoms with Crippen molar-refractivity contribution in [1.82, 2.24) is 20.7 Å². The second-order valence-corrected chi connectivity index (χ2v) is 5.22. The molecule has 24 heavy (non-hydrogen) atoms. The summed E-state index contributed by atoms with van der Waals surface area (Å²) < 4.78 is 4.65. The fraction of sp³-hybridized carbons (Fsp3) is 0.176. The third-order valence-electron chi connectivity index (χ3n) is 3.65. The number of fused-ring (bicyclic) bond motifs is 1. The normalized spacial score (nSPS) is 10.5. The average molecular weight is 324 g/mol. The average Bonchev–Trinajstić information content (AvgIpc) is 3.09. The minimum Gasteiger partial charge on any atom is -0.465 e. The molecular formula is C17H16N4O3. The van der Waals surface area contributed by atoms with E-state index < -0.39 is 0 Å². The summed E-state index contributed by atoms with van der Waals surface area (Å²) in [6.45, 7) is 0.493. The summed E-state index contributed by atoms with van der Waals surface area (Å²) in [6.07, 6.45) is 0.666. The fourth-order valence-electron chi connectivity index (χ4n) is 2.33. The zero-order valence-electron chi connectivity index (χ0n) is 13.1. The third-order valence-corrected chi connectivity index (χ3v) is 3.65. The van der Waals surface area contributed by atoms with Crippen molar-refractivity contribution < 1.29 is 14.3 Å². The number of aromatic amines is 1. The summed E-state index contributed by atoms with van der Waals surface area (Å²) in [4.78, 5) is 23.5. The van der Waals surface area contributed by atoms with Gasteiger partial charge in [-0.05, 0) is 42.3 Å². The first-order valence-corrected chi connectivity index (χ1v) is 7.43. The van der Waals surface area contributed by atoms with Gasteiger partial charge >= 0.3 is 5.97 Å². The molecule has 1 amide bonds. The second kappa shape index (κ2) is 6.91. The molecule has 7 heteroatoms. The van der Waals surface area contributed by atoms with Crippen molar-refractivity contribution in [2.45, 2.75) is 6.42 Å². The van der Waals surface area contributed by atoms with Gasteiger partial charge in [0.1, 0.15) is 11.0 Å². The molecule has 2 aromatic carbocycles. The molecule has 0 saturated carbocycles. The maximum Gasteiger partial charge on any atom is 0.337 e. The van der Waals surface area contributed by atoms with Gasteiger partial charge in [0, 0.05) is 12.1 Å². The minimum atomic E-state index is -0.363. The first-order valence-electron chi connectivity index (χ1n) is 7.43. The van der Waals surface area contributed by atoms with E-state index in [0.717, 1.165) is 11.1 Å². The smallest absolute Gasteiger partial charge is 0.337 e. The predicted molar refractivity (Wildman–Crippen MR) is 87.7 cm³/mol. The van der Waals surface area contributed by atoms with E-state index in [1.165, 1.54) is 7.11 Å². The fourth-order valence-corrected chi connectivity index (χ4v) is 2.33. The van der Waals surface area contributed by atoms with E-state index in [1.807, 2.05) is 12.1 Å². The number of carbonyl (C=O) groups excluding carboxylic acids is 2. The van der Waals surface area contributed by atoms with Crippen LogP contribution < -0.4 is 5.32 Å². The number of hydrogen-bond acceptors (Lipinski definition) is 5.